The number of hydrogen-bond acceptors (Lipinski definition) is 8. The number of amides is 1. The first kappa shape index (κ1) is 21.6. The molecule has 0 aliphatic rings. The maximum atomic E-state index is 12.8. The number of halogens is 3. The van der Waals surface area contributed by atoms with Gasteiger partial charge in [0.25, 0.3) is 0 Å². The fraction of sp³-hybridized carbons (Fsp3) is 0.385. The summed E-state index contributed by atoms with van der Waals surface area (Å²) >= 11 is 0. The molecule has 1 rings (SSSR count). The van der Waals surface area contributed by atoms with Crippen molar-refractivity contribution in [2.75, 3.05) is 6.61 Å². The zero-order chi connectivity index (χ0) is 21.0. The van der Waals surface area contributed by atoms with Crippen LogP contribution in [0.3, 0.4) is 0 Å². The second kappa shape index (κ2) is 7.84. The van der Waals surface area contributed by atoms with Gasteiger partial charge in [0.15, 0.2) is 5.03 Å². The lowest BCUT2D eigenvalue weighted by Crippen LogP contribution is -2.67. The van der Waals surface area contributed by atoms with Gasteiger partial charge in [0, 0.05) is 5.01 Å². The van der Waals surface area contributed by atoms with Gasteiger partial charge in [-0.2, -0.15) is 13.2 Å². The minimum atomic E-state index is -5.88. The number of alkyl halides is 3. The molecule has 0 unspecified atom stereocenters. The summed E-state index contributed by atoms with van der Waals surface area (Å²) in [6.07, 6.45) is -7.20. The van der Waals surface area contributed by atoms with Crippen LogP contribution in [-0.4, -0.2) is 50.4 Å². The molecule has 0 aliphatic carbocycles. The number of hydrazine groups is 1. The fourth-order valence-corrected chi connectivity index (χ4v) is 2.09. The maximum Gasteiger partial charge on any atom is 0.477 e. The summed E-state index contributed by atoms with van der Waals surface area (Å²) in [7, 11) is 0. The number of rotatable bonds is 7. The highest BCUT2D eigenvalue weighted by Gasteiger charge is 2.70. The minimum absolute atomic E-state index is 0.251. The number of nitrogens with zero attached hydrogens (tertiary/aromatic N) is 3. The van der Waals surface area contributed by atoms with Crippen LogP contribution in [0.15, 0.2) is 24.3 Å². The van der Waals surface area contributed by atoms with Crippen LogP contribution in [0.1, 0.15) is 12.5 Å². The molecule has 1 aromatic rings. The molecule has 11 nitrogen and oxygen atoms in total. The molecule has 0 aromatic heterocycles. The lowest BCUT2D eigenvalue weighted by atomic mass is 9.98. The van der Waals surface area contributed by atoms with E-state index < -0.39 is 51.7 Å². The summed E-state index contributed by atoms with van der Waals surface area (Å²) in [6.45, 7) is 0.598. The van der Waals surface area contributed by atoms with Crippen molar-refractivity contribution >= 4 is 11.9 Å². The van der Waals surface area contributed by atoms with Gasteiger partial charge in [-0.3, -0.25) is 14.9 Å². The van der Waals surface area contributed by atoms with E-state index in [2.05, 4.69) is 4.74 Å². The van der Waals surface area contributed by atoms with Crippen molar-refractivity contribution in [2.24, 2.45) is 0 Å². The Morgan fingerprint density at radius 2 is 1.70 bits per heavy atom. The van der Waals surface area contributed by atoms with E-state index in [4.69, 9.17) is 0 Å². The van der Waals surface area contributed by atoms with E-state index in [-0.39, 0.29) is 11.3 Å². The highest BCUT2D eigenvalue weighted by atomic mass is 19.4. The van der Waals surface area contributed by atoms with E-state index in [1.54, 1.807) is 0 Å². The molecule has 0 bridgehead atoms. The van der Waals surface area contributed by atoms with E-state index in [0.717, 1.165) is 31.2 Å². The van der Waals surface area contributed by atoms with Gasteiger partial charge < -0.3 is 9.84 Å². The molecule has 0 saturated carbocycles. The molecule has 14 heteroatoms. The summed E-state index contributed by atoms with van der Waals surface area (Å²) in [6, 6.07) is 3.91. The van der Waals surface area contributed by atoms with Gasteiger partial charge in [-0.25, -0.2) is 14.9 Å². The zero-order valence-corrected chi connectivity index (χ0v) is 13.5. The molecule has 0 aliphatic heterocycles. The monoisotopic (exact) mass is 395 g/mol. The second-order valence-corrected chi connectivity index (χ2v) is 4.99. The molecule has 27 heavy (non-hydrogen) atoms. The average Bonchev–Trinajstić information content (AvgIpc) is 2.54. The third kappa shape index (κ3) is 4.39. The summed E-state index contributed by atoms with van der Waals surface area (Å²) in [5.74, 6) is -5.58. The molecule has 1 aromatic carbocycles. The Balaban J connectivity index is 3.69. The molecular formula is C13H12F3N3O8. The predicted octanol–water partition coefficient (Wildman–Crippen LogP) is 1.05. The largest absolute Gasteiger partial charge is 0.508 e. The third-order valence-corrected chi connectivity index (χ3v) is 3.24. The van der Waals surface area contributed by atoms with Crippen molar-refractivity contribution in [3.05, 3.63) is 50.1 Å². The first-order chi connectivity index (χ1) is 12.4. The molecule has 0 heterocycles. The van der Waals surface area contributed by atoms with Crippen molar-refractivity contribution in [2.45, 2.75) is 25.2 Å². The fourth-order valence-electron chi connectivity index (χ4n) is 2.09. The molecular weight excluding hydrogens is 383 g/mol. The average molecular weight is 395 g/mol. The van der Waals surface area contributed by atoms with Crippen LogP contribution in [0.25, 0.3) is 0 Å². The zero-order valence-electron chi connectivity index (χ0n) is 13.5. The Morgan fingerprint density at radius 3 is 2.07 bits per heavy atom. The third-order valence-electron chi connectivity index (χ3n) is 3.24. The van der Waals surface area contributed by atoms with Crippen LogP contribution in [0.4, 0.5) is 13.2 Å². The summed E-state index contributed by atoms with van der Waals surface area (Å²) in [5, 5.41) is 28.5. The Bertz CT molecular complexity index is 752. The Kier molecular flexibility index (Phi) is 6.27. The number of phenols is 1. The SMILES string of the molecule is CCOC(=O)[C@](Cc1ccc(O)cc1)(N(C(=O)C(F)(F)F)[N+](=O)[O-])[N+](=O)[O-]. The van der Waals surface area contributed by atoms with E-state index in [9.17, 15) is 48.1 Å². The summed E-state index contributed by atoms with van der Waals surface area (Å²) < 4.78 is 42.7. The number of hydrogen-bond donors (Lipinski definition) is 1. The van der Waals surface area contributed by atoms with Crippen molar-refractivity contribution in [3.8, 4) is 5.75 Å². The maximum absolute atomic E-state index is 12.8. The molecule has 0 fully saturated rings. The van der Waals surface area contributed by atoms with Crippen LogP contribution in [0.2, 0.25) is 0 Å². The quantitative estimate of drug-likeness (QED) is 0.311. The molecule has 0 radical (unpaired) electrons. The van der Waals surface area contributed by atoms with Gasteiger partial charge >= 0.3 is 23.7 Å². The van der Waals surface area contributed by atoms with Gasteiger partial charge in [-0.15, -0.1) is 0 Å². The Morgan fingerprint density at radius 1 is 1.19 bits per heavy atom. The van der Waals surface area contributed by atoms with Crippen molar-refractivity contribution in [3.63, 3.8) is 0 Å². The lowest BCUT2D eigenvalue weighted by molar-refractivity contribution is -0.734. The van der Waals surface area contributed by atoms with Crippen molar-refractivity contribution in [1.82, 2.24) is 5.01 Å². The van der Waals surface area contributed by atoms with Crippen LogP contribution in [-0.2, 0) is 20.7 Å². The van der Waals surface area contributed by atoms with E-state index >= 15 is 0 Å². The van der Waals surface area contributed by atoms with Crippen LogP contribution in [0.5, 0.6) is 5.75 Å². The normalized spacial score (nSPS) is 13.3. The lowest BCUT2D eigenvalue weighted by Gasteiger charge is -2.27. The summed E-state index contributed by atoms with van der Waals surface area (Å²) in [5.41, 5.74) is -4.08. The highest BCUT2D eigenvalue weighted by Crippen LogP contribution is 2.30. The molecule has 1 N–H and O–H groups in total. The standard InChI is InChI=1S/C13H12F3N3O8/c1-2-27-11(22)12(18(23)24,7-8-3-5-9(20)6-4-8)17(19(25)26)10(21)13(14,15)16/h3-6,20H,2,7H2,1H3/t12-/m1/s1. The smallest absolute Gasteiger partial charge is 0.477 e. The number of nitro groups is 2. The van der Waals surface area contributed by atoms with E-state index in [1.807, 2.05) is 0 Å². The molecule has 0 saturated heterocycles. The predicted molar refractivity (Wildman–Crippen MR) is 78.1 cm³/mol. The van der Waals surface area contributed by atoms with Crippen molar-refractivity contribution in [1.29, 1.82) is 0 Å². The number of carbonyl (C=O) groups is 2. The van der Waals surface area contributed by atoms with E-state index in [0.29, 0.717) is 0 Å². The second-order valence-electron chi connectivity index (χ2n) is 4.99. The van der Waals surface area contributed by atoms with Gasteiger partial charge in [-0.1, -0.05) is 12.1 Å². The van der Waals surface area contributed by atoms with Crippen LogP contribution >= 0.6 is 0 Å². The summed E-state index contributed by atoms with van der Waals surface area (Å²) in [4.78, 5) is 44.7. The number of carbonyl (C=O) groups excluding carboxylic acids is 2. The van der Waals surface area contributed by atoms with Crippen LogP contribution < -0.4 is 0 Å². The number of aromatic hydroxyl groups is 1. The van der Waals surface area contributed by atoms with Gasteiger partial charge in [0.05, 0.1) is 18.0 Å². The molecule has 148 valence electrons. The number of ether oxygens (including phenoxy) is 1. The molecule has 0 spiro atoms. The minimum Gasteiger partial charge on any atom is -0.508 e. The van der Waals surface area contributed by atoms with Gasteiger partial charge in [-0.05, 0) is 24.6 Å². The van der Waals surface area contributed by atoms with E-state index in [1.165, 1.54) is 0 Å². The number of benzene rings is 1. The van der Waals surface area contributed by atoms with Gasteiger partial charge in [0.1, 0.15) is 5.75 Å². The first-order valence-corrected chi connectivity index (χ1v) is 7.03. The highest BCUT2D eigenvalue weighted by molar-refractivity contribution is 5.88. The number of esters is 1. The van der Waals surface area contributed by atoms with Crippen molar-refractivity contribution < 1.29 is 42.6 Å². The topological polar surface area (TPSA) is 153 Å². The Hall–Kier alpha value is -3.45. The van der Waals surface area contributed by atoms with Gasteiger partial charge in [0.2, 0.25) is 0 Å². The molecule has 1 atom stereocenters. The number of phenolic OH excluding ortho intramolecular Hbond substituents is 1. The Labute approximate surface area is 148 Å². The molecule has 1 amide bonds. The first-order valence-electron chi connectivity index (χ1n) is 7.03. The van der Waals surface area contributed by atoms with Crippen LogP contribution in [0, 0.1) is 20.2 Å².